The summed E-state index contributed by atoms with van der Waals surface area (Å²) >= 11 is 1.50. The van der Waals surface area contributed by atoms with E-state index in [1.165, 1.54) is 18.9 Å². The Bertz CT molecular complexity index is 1100. The molecule has 0 unspecified atom stereocenters. The monoisotopic (exact) mass is 453 g/mol. The fraction of sp³-hybridized carbons (Fsp3) is 0.375. The largest absolute Gasteiger partial charge is 0.504 e. The number of nitrogens with zero attached hydrogens (tertiary/aromatic N) is 3. The fourth-order valence-electron chi connectivity index (χ4n) is 3.94. The first-order valence-electron chi connectivity index (χ1n) is 10.8. The first-order chi connectivity index (χ1) is 15.6. The summed E-state index contributed by atoms with van der Waals surface area (Å²) in [6, 6.07) is 9.24. The van der Waals surface area contributed by atoms with E-state index in [2.05, 4.69) is 9.88 Å². The van der Waals surface area contributed by atoms with Gasteiger partial charge in [-0.2, -0.15) is 0 Å². The van der Waals surface area contributed by atoms with Gasteiger partial charge < -0.3 is 14.6 Å². The minimum absolute atomic E-state index is 0.0964. The third-order valence-corrected chi connectivity index (χ3v) is 6.49. The molecule has 1 fully saturated rings. The molecule has 0 spiro atoms. The van der Waals surface area contributed by atoms with Gasteiger partial charge in [-0.25, -0.2) is 9.78 Å². The van der Waals surface area contributed by atoms with Gasteiger partial charge in [0.05, 0.1) is 35.5 Å². The molecule has 1 N–H and O–H groups in total. The molecule has 1 saturated heterocycles. The van der Waals surface area contributed by atoms with Crippen LogP contribution in [0.4, 0.5) is 0 Å². The lowest BCUT2D eigenvalue weighted by Gasteiger charge is -2.20. The van der Waals surface area contributed by atoms with Crippen LogP contribution >= 0.6 is 11.8 Å². The van der Waals surface area contributed by atoms with Crippen molar-refractivity contribution in [1.29, 1.82) is 0 Å². The Morgan fingerprint density at radius 2 is 2.06 bits per heavy atom. The second kappa shape index (κ2) is 10.2. The summed E-state index contributed by atoms with van der Waals surface area (Å²) in [6.07, 6.45) is 4.02. The zero-order chi connectivity index (χ0) is 22.5. The molecule has 32 heavy (non-hydrogen) atoms. The Morgan fingerprint density at radius 3 is 2.75 bits per heavy atom. The lowest BCUT2D eigenvalue weighted by atomic mass is 10.0. The average molecular weight is 454 g/mol. The molecule has 3 heterocycles. The minimum Gasteiger partial charge on any atom is -0.504 e. The van der Waals surface area contributed by atoms with Crippen LogP contribution in [0, 0.1) is 0 Å². The van der Waals surface area contributed by atoms with Crippen LogP contribution in [-0.4, -0.2) is 52.7 Å². The summed E-state index contributed by atoms with van der Waals surface area (Å²) in [5, 5.41) is 12.5. The molecule has 8 heteroatoms. The van der Waals surface area contributed by atoms with Gasteiger partial charge in [0.1, 0.15) is 0 Å². The van der Waals surface area contributed by atoms with Crippen LogP contribution < -0.4 is 4.74 Å². The molecule has 0 amide bonds. The van der Waals surface area contributed by atoms with Gasteiger partial charge in [0.15, 0.2) is 11.5 Å². The number of hydrogen-bond donors (Lipinski definition) is 1. The molecule has 1 aromatic carbocycles. The molecule has 0 atom stereocenters. The summed E-state index contributed by atoms with van der Waals surface area (Å²) in [5.41, 5.74) is 2.43. The topological polar surface area (TPSA) is 84.8 Å². The number of likely N-dealkylation sites (tertiary alicyclic amines) is 1. The minimum atomic E-state index is -0.416. The lowest BCUT2D eigenvalue weighted by Crippen LogP contribution is -2.19. The molecule has 168 valence electrons. The van der Waals surface area contributed by atoms with Gasteiger partial charge in [-0.3, -0.25) is 9.88 Å². The van der Waals surface area contributed by atoms with Gasteiger partial charge in [0.2, 0.25) is 0 Å². The molecular weight excluding hydrogens is 426 g/mol. The maximum atomic E-state index is 12.8. The molecule has 1 aliphatic heterocycles. The standard InChI is InChI=1S/C24H27N3O4S/c1-3-31-24(29)17-12-16-18(14-27-10-6-7-11-27)23(28)21(30-2)13-19(16)26-20(17)15-32-22-8-4-5-9-25-22/h4-5,8-9,12-13,28H,3,6-7,10-11,14-15H2,1-2H3. The van der Waals surface area contributed by atoms with Crippen molar-refractivity contribution in [3.63, 3.8) is 0 Å². The zero-order valence-corrected chi connectivity index (χ0v) is 19.2. The molecule has 4 rings (SSSR count). The van der Waals surface area contributed by atoms with E-state index in [-0.39, 0.29) is 12.4 Å². The van der Waals surface area contributed by atoms with Gasteiger partial charge >= 0.3 is 5.97 Å². The zero-order valence-electron chi connectivity index (χ0n) is 18.3. The number of phenolic OH excluding ortho intramolecular Hbond substituents is 1. The van der Waals surface area contributed by atoms with Crippen LogP contribution in [-0.2, 0) is 17.0 Å². The number of aromatic nitrogens is 2. The van der Waals surface area contributed by atoms with Crippen molar-refractivity contribution in [3.05, 3.63) is 53.3 Å². The number of benzene rings is 1. The molecule has 0 bridgehead atoms. The predicted octanol–water partition coefficient (Wildman–Crippen LogP) is 4.41. The van der Waals surface area contributed by atoms with E-state index in [1.54, 1.807) is 25.3 Å². The first kappa shape index (κ1) is 22.4. The number of ether oxygens (including phenoxy) is 2. The van der Waals surface area contributed by atoms with Gasteiger partial charge in [0.25, 0.3) is 0 Å². The van der Waals surface area contributed by atoms with E-state index in [0.717, 1.165) is 41.9 Å². The number of carbonyl (C=O) groups excluding carboxylic acids is 1. The Balaban J connectivity index is 1.80. The Hall–Kier alpha value is -2.84. The fourth-order valence-corrected chi connectivity index (χ4v) is 4.75. The van der Waals surface area contributed by atoms with Gasteiger partial charge in [-0.15, -0.1) is 11.8 Å². The third-order valence-electron chi connectivity index (χ3n) is 5.53. The highest BCUT2D eigenvalue weighted by Crippen LogP contribution is 2.38. The highest BCUT2D eigenvalue weighted by molar-refractivity contribution is 7.98. The third kappa shape index (κ3) is 4.81. The van der Waals surface area contributed by atoms with Gasteiger partial charge in [-0.05, 0) is 51.1 Å². The van der Waals surface area contributed by atoms with E-state index >= 15 is 0 Å². The summed E-state index contributed by atoms with van der Waals surface area (Å²) in [6.45, 7) is 4.60. The smallest absolute Gasteiger partial charge is 0.340 e. The number of aromatic hydroxyl groups is 1. The molecule has 1 aliphatic rings. The van der Waals surface area contributed by atoms with Gasteiger partial charge in [0, 0.05) is 35.5 Å². The number of rotatable bonds is 8. The second-order valence-electron chi connectivity index (χ2n) is 7.62. The van der Waals surface area contributed by atoms with E-state index in [0.29, 0.717) is 34.8 Å². The summed E-state index contributed by atoms with van der Waals surface area (Å²) in [7, 11) is 1.53. The summed E-state index contributed by atoms with van der Waals surface area (Å²) in [5.74, 6) is 0.526. The number of pyridine rings is 2. The van der Waals surface area contributed by atoms with Crippen LogP contribution in [0.1, 0.15) is 41.4 Å². The summed E-state index contributed by atoms with van der Waals surface area (Å²) in [4.78, 5) is 24.3. The molecule has 2 aromatic heterocycles. The molecule has 0 saturated carbocycles. The SMILES string of the molecule is CCOC(=O)c1cc2c(CN3CCCC3)c(O)c(OC)cc2nc1CSc1ccccn1. The molecule has 3 aromatic rings. The van der Waals surface area contributed by atoms with Crippen LogP contribution in [0.5, 0.6) is 11.5 Å². The lowest BCUT2D eigenvalue weighted by molar-refractivity contribution is 0.0525. The van der Waals surface area contributed by atoms with Crippen molar-refractivity contribution in [2.24, 2.45) is 0 Å². The highest BCUT2D eigenvalue weighted by atomic mass is 32.2. The Kier molecular flexibility index (Phi) is 7.12. The number of carbonyl (C=O) groups is 1. The number of methoxy groups -OCH3 is 1. The Labute approximate surface area is 191 Å². The second-order valence-corrected chi connectivity index (χ2v) is 8.61. The molecule has 7 nitrogen and oxygen atoms in total. The predicted molar refractivity (Wildman–Crippen MR) is 124 cm³/mol. The van der Waals surface area contributed by atoms with Crippen LogP contribution in [0.2, 0.25) is 0 Å². The van der Waals surface area contributed by atoms with Crippen molar-refractivity contribution >= 4 is 28.6 Å². The van der Waals surface area contributed by atoms with E-state index in [4.69, 9.17) is 14.5 Å². The van der Waals surface area contributed by atoms with Crippen molar-refractivity contribution in [3.8, 4) is 11.5 Å². The van der Waals surface area contributed by atoms with Crippen molar-refractivity contribution in [2.75, 3.05) is 26.8 Å². The first-order valence-corrected chi connectivity index (χ1v) is 11.7. The number of esters is 1. The van der Waals surface area contributed by atoms with Crippen LogP contribution in [0.3, 0.4) is 0 Å². The normalized spacial score (nSPS) is 14.1. The number of phenols is 1. The number of thioether (sulfide) groups is 1. The average Bonchev–Trinajstić information content (AvgIpc) is 3.33. The summed E-state index contributed by atoms with van der Waals surface area (Å²) < 4.78 is 10.7. The van der Waals surface area contributed by atoms with Crippen molar-refractivity contribution in [2.45, 2.75) is 37.1 Å². The van der Waals surface area contributed by atoms with Crippen molar-refractivity contribution in [1.82, 2.24) is 14.9 Å². The van der Waals surface area contributed by atoms with E-state index < -0.39 is 5.97 Å². The van der Waals surface area contributed by atoms with Gasteiger partial charge in [-0.1, -0.05) is 6.07 Å². The van der Waals surface area contributed by atoms with Crippen LogP contribution in [0.15, 0.2) is 41.6 Å². The molecule has 0 aliphatic carbocycles. The van der Waals surface area contributed by atoms with E-state index in [9.17, 15) is 9.90 Å². The van der Waals surface area contributed by atoms with Crippen molar-refractivity contribution < 1.29 is 19.4 Å². The maximum Gasteiger partial charge on any atom is 0.340 e. The molecule has 0 radical (unpaired) electrons. The maximum absolute atomic E-state index is 12.8. The highest BCUT2D eigenvalue weighted by Gasteiger charge is 2.23. The number of fused-ring (bicyclic) bond motifs is 1. The number of hydrogen-bond acceptors (Lipinski definition) is 8. The Morgan fingerprint density at radius 1 is 1.25 bits per heavy atom. The van der Waals surface area contributed by atoms with E-state index in [1.807, 2.05) is 18.2 Å². The van der Waals surface area contributed by atoms with Crippen LogP contribution in [0.25, 0.3) is 10.9 Å². The molecular formula is C24H27N3O4S. The quantitative estimate of drug-likeness (QED) is 0.397.